The first-order valence-corrected chi connectivity index (χ1v) is 10.8. The number of nitrogens with one attached hydrogen (secondary N) is 2. The lowest BCUT2D eigenvalue weighted by Crippen LogP contribution is -2.32. The predicted octanol–water partition coefficient (Wildman–Crippen LogP) is 3.06. The van der Waals surface area contributed by atoms with Gasteiger partial charge in [-0.25, -0.2) is 9.97 Å². The highest BCUT2D eigenvalue weighted by atomic mass is 32.1. The number of rotatable bonds is 2. The van der Waals surface area contributed by atoms with Crippen LogP contribution in [0.25, 0.3) is 25.4 Å². The van der Waals surface area contributed by atoms with Crippen LogP contribution in [-0.4, -0.2) is 19.6 Å². The third-order valence-corrected chi connectivity index (χ3v) is 6.68. The number of pyridine rings is 1. The van der Waals surface area contributed by atoms with Crippen molar-refractivity contribution < 1.29 is 0 Å². The van der Waals surface area contributed by atoms with E-state index in [2.05, 4.69) is 25.6 Å². The van der Waals surface area contributed by atoms with Crippen molar-refractivity contribution in [2.75, 3.05) is 5.43 Å². The molecular formula is C20H16N6O2S2. The molecule has 2 N–H and O–H groups in total. The van der Waals surface area contributed by atoms with E-state index in [-0.39, 0.29) is 10.2 Å². The van der Waals surface area contributed by atoms with Crippen molar-refractivity contribution in [3.8, 4) is 0 Å². The highest BCUT2D eigenvalue weighted by Gasteiger charge is 2.16. The topological polar surface area (TPSA) is 105 Å². The normalized spacial score (nSPS) is 12.3. The van der Waals surface area contributed by atoms with Gasteiger partial charge in [-0.2, -0.15) is 9.62 Å². The molecule has 150 valence electrons. The molecule has 1 aromatic carbocycles. The third-order valence-electron chi connectivity index (χ3n) is 4.69. The van der Waals surface area contributed by atoms with E-state index in [0.717, 1.165) is 44.1 Å². The maximum atomic E-state index is 13.0. The fourth-order valence-corrected chi connectivity index (χ4v) is 5.20. The van der Waals surface area contributed by atoms with Gasteiger partial charge >= 0.3 is 5.56 Å². The minimum absolute atomic E-state index is 0.173. The van der Waals surface area contributed by atoms with Gasteiger partial charge in [0, 0.05) is 11.1 Å². The zero-order chi connectivity index (χ0) is 21.0. The summed E-state index contributed by atoms with van der Waals surface area (Å²) in [6.07, 6.45) is 0. The predicted molar refractivity (Wildman–Crippen MR) is 120 cm³/mol. The number of aromatic nitrogens is 4. The SMILES string of the molecule is Cc1ccc(N/N=c2\sc3nc4c(sc5nc(C)cc(C)c54)c(=O)n3[nH]c2=O)cc1. The summed E-state index contributed by atoms with van der Waals surface area (Å²) in [5.41, 5.74) is 6.48. The van der Waals surface area contributed by atoms with Gasteiger partial charge in [-0.15, -0.1) is 11.3 Å². The number of thiophene rings is 1. The molecule has 0 aliphatic heterocycles. The molecule has 30 heavy (non-hydrogen) atoms. The highest BCUT2D eigenvalue weighted by Crippen LogP contribution is 2.32. The molecule has 0 amide bonds. The number of hydrogen-bond acceptors (Lipinski definition) is 8. The molecule has 0 fully saturated rings. The van der Waals surface area contributed by atoms with Gasteiger partial charge in [0.25, 0.3) is 5.56 Å². The van der Waals surface area contributed by atoms with Crippen molar-refractivity contribution >= 4 is 53.8 Å². The zero-order valence-electron chi connectivity index (χ0n) is 16.3. The van der Waals surface area contributed by atoms with Gasteiger partial charge in [0.2, 0.25) is 9.63 Å². The number of benzene rings is 1. The molecule has 5 rings (SSSR count). The van der Waals surface area contributed by atoms with Crippen molar-refractivity contribution in [3.05, 3.63) is 72.5 Å². The minimum atomic E-state index is -0.471. The molecule has 0 radical (unpaired) electrons. The Hall–Kier alpha value is -3.37. The molecule has 0 aliphatic rings. The van der Waals surface area contributed by atoms with Gasteiger partial charge < -0.3 is 0 Å². The monoisotopic (exact) mass is 436 g/mol. The molecule has 0 spiro atoms. The van der Waals surface area contributed by atoms with E-state index < -0.39 is 5.56 Å². The summed E-state index contributed by atoms with van der Waals surface area (Å²) in [5.74, 6) is 0. The second-order valence-electron chi connectivity index (χ2n) is 7.01. The van der Waals surface area contributed by atoms with Crippen LogP contribution in [-0.2, 0) is 0 Å². The lowest BCUT2D eigenvalue weighted by atomic mass is 10.1. The Labute approximate surface area is 177 Å². The molecule has 0 saturated heterocycles. The lowest BCUT2D eigenvalue weighted by molar-refractivity contribution is 0.863. The standard InChI is InChI=1S/C20H16N6O2S2/c1-9-4-6-12(7-5-9)23-24-18-16(27)25-26-19(28)15-14(22-20(26)30-18)13-10(2)8-11(3)21-17(13)29-15/h4-8,23H,1-3H3,(H,25,27)/b24-18-. The van der Waals surface area contributed by atoms with Crippen LogP contribution in [0.2, 0.25) is 0 Å². The first-order valence-electron chi connectivity index (χ1n) is 9.14. The van der Waals surface area contributed by atoms with Crippen molar-refractivity contribution in [1.82, 2.24) is 19.6 Å². The number of aromatic amines is 1. The Bertz CT molecular complexity index is 1640. The summed E-state index contributed by atoms with van der Waals surface area (Å²) in [6.45, 7) is 5.89. The third kappa shape index (κ3) is 3.01. The van der Waals surface area contributed by atoms with Crippen LogP contribution in [0, 0.1) is 20.8 Å². The van der Waals surface area contributed by atoms with E-state index in [1.165, 1.54) is 15.9 Å². The van der Waals surface area contributed by atoms with Gasteiger partial charge in [0.05, 0.1) is 11.2 Å². The summed E-state index contributed by atoms with van der Waals surface area (Å²) < 4.78 is 1.82. The Balaban J connectivity index is 1.75. The zero-order valence-corrected chi connectivity index (χ0v) is 17.9. The Morgan fingerprint density at radius 2 is 1.83 bits per heavy atom. The van der Waals surface area contributed by atoms with Crippen molar-refractivity contribution in [2.45, 2.75) is 20.8 Å². The van der Waals surface area contributed by atoms with E-state index in [1.807, 2.05) is 51.1 Å². The highest BCUT2D eigenvalue weighted by molar-refractivity contribution is 7.25. The van der Waals surface area contributed by atoms with Crippen LogP contribution < -0.4 is 21.2 Å². The fourth-order valence-electron chi connectivity index (χ4n) is 3.27. The maximum absolute atomic E-state index is 13.0. The molecule has 4 heterocycles. The molecule has 0 unspecified atom stereocenters. The quantitative estimate of drug-likeness (QED) is 0.414. The van der Waals surface area contributed by atoms with Crippen molar-refractivity contribution in [2.24, 2.45) is 5.10 Å². The number of aryl methyl sites for hydroxylation is 3. The van der Waals surface area contributed by atoms with E-state index in [9.17, 15) is 9.59 Å². The number of fused-ring (bicyclic) bond motifs is 4. The van der Waals surface area contributed by atoms with E-state index >= 15 is 0 Å². The Morgan fingerprint density at radius 1 is 1.07 bits per heavy atom. The average molecular weight is 437 g/mol. The summed E-state index contributed by atoms with van der Waals surface area (Å²) in [5, 5.41) is 7.66. The van der Waals surface area contributed by atoms with Crippen molar-refractivity contribution in [3.63, 3.8) is 0 Å². The maximum Gasteiger partial charge on any atom is 0.301 e. The fraction of sp³-hybridized carbons (Fsp3) is 0.150. The van der Waals surface area contributed by atoms with E-state index in [0.29, 0.717) is 15.2 Å². The van der Waals surface area contributed by atoms with E-state index in [1.54, 1.807) is 0 Å². The molecule has 0 saturated carbocycles. The first-order chi connectivity index (χ1) is 14.4. The van der Waals surface area contributed by atoms with Gasteiger partial charge in [-0.05, 0) is 44.5 Å². The molecule has 0 bridgehead atoms. The van der Waals surface area contributed by atoms with Crippen LogP contribution in [0.3, 0.4) is 0 Å². The van der Waals surface area contributed by atoms with Crippen LogP contribution in [0.4, 0.5) is 5.69 Å². The van der Waals surface area contributed by atoms with Crippen LogP contribution >= 0.6 is 22.7 Å². The van der Waals surface area contributed by atoms with E-state index in [4.69, 9.17) is 0 Å². The summed E-state index contributed by atoms with van der Waals surface area (Å²) in [7, 11) is 0. The van der Waals surface area contributed by atoms with Crippen LogP contribution in [0.1, 0.15) is 16.8 Å². The second-order valence-corrected chi connectivity index (χ2v) is 8.97. The van der Waals surface area contributed by atoms with Gasteiger partial charge in [-0.1, -0.05) is 29.0 Å². The molecule has 8 nitrogen and oxygen atoms in total. The molecular weight excluding hydrogens is 420 g/mol. The summed E-state index contributed by atoms with van der Waals surface area (Å²) in [6, 6.07) is 9.62. The molecule has 10 heteroatoms. The number of H-pyrrole nitrogens is 1. The minimum Gasteiger partial charge on any atom is -0.277 e. The molecule has 0 aliphatic carbocycles. The molecule has 5 aromatic rings. The van der Waals surface area contributed by atoms with Gasteiger partial charge in [-0.3, -0.25) is 20.1 Å². The number of anilines is 1. The van der Waals surface area contributed by atoms with Crippen molar-refractivity contribution in [1.29, 1.82) is 0 Å². The van der Waals surface area contributed by atoms with Crippen LogP contribution in [0.5, 0.6) is 0 Å². The largest absolute Gasteiger partial charge is 0.301 e. The Kier molecular flexibility index (Phi) is 4.26. The summed E-state index contributed by atoms with van der Waals surface area (Å²) >= 11 is 2.34. The molecule has 4 aromatic heterocycles. The lowest BCUT2D eigenvalue weighted by Gasteiger charge is -2.02. The van der Waals surface area contributed by atoms with Gasteiger partial charge in [0.1, 0.15) is 9.53 Å². The number of hydrogen-bond donors (Lipinski definition) is 2. The van der Waals surface area contributed by atoms with Gasteiger partial charge in [0.15, 0.2) is 0 Å². The number of nitrogens with zero attached hydrogens (tertiary/aromatic N) is 4. The van der Waals surface area contributed by atoms with Crippen LogP contribution in [0.15, 0.2) is 45.0 Å². The average Bonchev–Trinajstić information content (AvgIpc) is 3.07. The Morgan fingerprint density at radius 3 is 2.60 bits per heavy atom. The molecule has 0 atom stereocenters. The smallest absolute Gasteiger partial charge is 0.277 e. The first kappa shape index (κ1) is 18.6. The summed E-state index contributed by atoms with van der Waals surface area (Å²) in [4.78, 5) is 35.9. The second kappa shape index (κ2) is 6.85.